The normalized spacial score (nSPS) is 13.0. The average molecular weight is 518 g/mol. The third-order valence-corrected chi connectivity index (χ3v) is 7.09. The molecule has 186 valence electrons. The number of fused-ring (bicyclic) bond motifs is 1. The number of hydrogen-bond donors (Lipinski definition) is 1. The Labute approximate surface area is 204 Å². The molecule has 4 aromatic rings. The second kappa shape index (κ2) is 9.33. The van der Waals surface area contributed by atoms with Crippen LogP contribution in [-0.2, 0) is 16.4 Å². The van der Waals surface area contributed by atoms with E-state index in [4.69, 9.17) is 0 Å². The molecule has 0 spiro atoms. The number of nitrogens with zero attached hydrogens (tertiary/aromatic N) is 4. The third kappa shape index (κ3) is 4.67. The minimum absolute atomic E-state index is 0.148. The van der Waals surface area contributed by atoms with Crippen molar-refractivity contribution in [2.75, 3.05) is 0 Å². The molecule has 12 heteroatoms. The molecule has 0 aliphatic heterocycles. The lowest BCUT2D eigenvalue weighted by atomic mass is 10.1. The van der Waals surface area contributed by atoms with Gasteiger partial charge in [-0.15, -0.1) is 0 Å². The highest BCUT2D eigenvalue weighted by atomic mass is 32.2. The van der Waals surface area contributed by atoms with Gasteiger partial charge < -0.3 is 0 Å². The van der Waals surface area contributed by atoms with Crippen LogP contribution in [0.3, 0.4) is 0 Å². The molecule has 36 heavy (non-hydrogen) atoms. The number of pyridine rings is 2. The van der Waals surface area contributed by atoms with Crippen molar-refractivity contribution in [2.24, 2.45) is 0 Å². The number of aromatic nitrogens is 3. The van der Waals surface area contributed by atoms with Crippen molar-refractivity contribution < 1.29 is 26.0 Å². The zero-order chi connectivity index (χ0) is 26.3. The molecule has 0 radical (unpaired) electrons. The molecule has 1 unspecified atom stereocenters. The minimum Gasteiger partial charge on any atom is -0.291 e. The molecule has 0 saturated heterocycles. The fourth-order valence-corrected chi connectivity index (χ4v) is 4.84. The topological polar surface area (TPSA) is 101 Å². The summed E-state index contributed by atoms with van der Waals surface area (Å²) in [6.07, 6.45) is -1.57. The van der Waals surface area contributed by atoms with Gasteiger partial charge >= 0.3 is 6.18 Å². The zero-order valence-corrected chi connectivity index (χ0v) is 19.8. The number of nitriles is 1. The van der Waals surface area contributed by atoms with Crippen LogP contribution in [0.25, 0.3) is 28.1 Å². The van der Waals surface area contributed by atoms with Gasteiger partial charge in [-0.05, 0) is 55.3 Å². The van der Waals surface area contributed by atoms with Crippen LogP contribution >= 0.6 is 0 Å². The van der Waals surface area contributed by atoms with E-state index in [1.54, 1.807) is 23.1 Å². The first-order valence-electron chi connectivity index (χ1n) is 10.7. The van der Waals surface area contributed by atoms with Crippen molar-refractivity contribution in [1.29, 1.82) is 5.26 Å². The molecule has 0 fully saturated rings. The number of halogens is 4. The number of sulfonamides is 1. The molecule has 0 amide bonds. The van der Waals surface area contributed by atoms with Crippen molar-refractivity contribution in [1.82, 2.24) is 19.3 Å². The molecular weight excluding hydrogens is 498 g/mol. The van der Waals surface area contributed by atoms with Gasteiger partial charge in [0.15, 0.2) is 0 Å². The number of benzene rings is 1. The number of nitrogens with one attached hydrogen (secondary N) is 1. The van der Waals surface area contributed by atoms with Crippen LogP contribution in [0.4, 0.5) is 17.6 Å². The molecule has 3 aromatic heterocycles. The van der Waals surface area contributed by atoms with E-state index in [0.717, 1.165) is 17.8 Å². The standard InChI is InChI=1S/C24H19F4N5O2S/c1-3-15-9-19-20(11-29)22(33(23(19)31-12-15)17-6-4-5-16(25)10-17)21-8-7-18(13-30-21)36(34,35)32-14(2)24(26,27)28/h4-10,12-14,32H,3H2,1-2H3. The van der Waals surface area contributed by atoms with Crippen molar-refractivity contribution in [2.45, 2.75) is 37.4 Å². The van der Waals surface area contributed by atoms with Gasteiger partial charge in [0, 0.05) is 17.8 Å². The molecule has 0 aliphatic carbocycles. The third-order valence-electron chi connectivity index (χ3n) is 5.56. The number of rotatable bonds is 6. The quantitative estimate of drug-likeness (QED) is 0.367. The zero-order valence-electron chi connectivity index (χ0n) is 19.0. The summed E-state index contributed by atoms with van der Waals surface area (Å²) in [5.74, 6) is -0.525. The van der Waals surface area contributed by atoms with Gasteiger partial charge in [0.2, 0.25) is 10.0 Å². The summed E-state index contributed by atoms with van der Waals surface area (Å²) >= 11 is 0. The second-order valence-corrected chi connectivity index (χ2v) is 9.70. The van der Waals surface area contributed by atoms with Gasteiger partial charge in [-0.2, -0.15) is 23.2 Å². The number of alkyl halides is 3. The SMILES string of the molecule is CCc1cnc2c(c1)c(C#N)c(-c1ccc(S(=O)(=O)NC(C)C(F)(F)F)cn1)n2-c1cccc(F)c1. The summed E-state index contributed by atoms with van der Waals surface area (Å²) in [5.41, 5.74) is 2.15. The van der Waals surface area contributed by atoms with Crippen molar-refractivity contribution in [3.05, 3.63) is 71.8 Å². The Bertz CT molecular complexity index is 1590. The molecule has 3 heterocycles. The molecule has 4 rings (SSSR count). The highest BCUT2D eigenvalue weighted by Gasteiger charge is 2.39. The Hall–Kier alpha value is -3.82. The van der Waals surface area contributed by atoms with Crippen LogP contribution in [0.2, 0.25) is 0 Å². The summed E-state index contributed by atoms with van der Waals surface area (Å²) < 4.78 is 80.6. The lowest BCUT2D eigenvalue weighted by Crippen LogP contribution is -2.42. The Morgan fingerprint density at radius 3 is 2.47 bits per heavy atom. The van der Waals surface area contributed by atoms with Crippen LogP contribution in [0, 0.1) is 17.1 Å². The summed E-state index contributed by atoms with van der Waals surface area (Å²) in [6, 6.07) is 9.60. The van der Waals surface area contributed by atoms with Gasteiger partial charge in [-0.3, -0.25) is 9.55 Å². The van der Waals surface area contributed by atoms with E-state index in [9.17, 15) is 31.2 Å². The fraction of sp³-hybridized carbons (Fsp3) is 0.208. The van der Waals surface area contributed by atoms with E-state index in [2.05, 4.69) is 16.0 Å². The molecule has 7 nitrogen and oxygen atoms in total. The molecule has 0 bridgehead atoms. The van der Waals surface area contributed by atoms with E-state index in [0.29, 0.717) is 30.1 Å². The summed E-state index contributed by atoms with van der Waals surface area (Å²) in [6.45, 7) is 2.61. The van der Waals surface area contributed by atoms with E-state index < -0.39 is 33.0 Å². The second-order valence-electron chi connectivity index (χ2n) is 7.98. The molecule has 0 saturated carbocycles. The number of hydrogen-bond acceptors (Lipinski definition) is 5. The van der Waals surface area contributed by atoms with Crippen LogP contribution in [0.15, 0.2) is 59.8 Å². The van der Waals surface area contributed by atoms with Crippen LogP contribution < -0.4 is 4.72 Å². The molecule has 1 atom stereocenters. The number of aryl methyl sites for hydroxylation is 1. The smallest absolute Gasteiger partial charge is 0.291 e. The predicted molar refractivity (Wildman–Crippen MR) is 124 cm³/mol. The van der Waals surface area contributed by atoms with E-state index in [1.807, 2.05) is 6.92 Å². The van der Waals surface area contributed by atoms with Crippen LogP contribution in [0.5, 0.6) is 0 Å². The van der Waals surface area contributed by atoms with E-state index >= 15 is 0 Å². The van der Waals surface area contributed by atoms with Crippen molar-refractivity contribution in [3.8, 4) is 23.1 Å². The highest BCUT2D eigenvalue weighted by molar-refractivity contribution is 7.89. The molecule has 0 aliphatic rings. The first kappa shape index (κ1) is 25.3. The van der Waals surface area contributed by atoms with Crippen LogP contribution in [-0.4, -0.2) is 35.2 Å². The Kier molecular flexibility index (Phi) is 6.55. The fourth-order valence-electron chi connectivity index (χ4n) is 3.67. The summed E-state index contributed by atoms with van der Waals surface area (Å²) in [7, 11) is -4.53. The van der Waals surface area contributed by atoms with Gasteiger partial charge in [0.1, 0.15) is 28.5 Å². The van der Waals surface area contributed by atoms with Gasteiger partial charge in [0.05, 0.1) is 22.6 Å². The van der Waals surface area contributed by atoms with Crippen LogP contribution in [0.1, 0.15) is 25.0 Å². The maximum atomic E-state index is 14.1. The maximum Gasteiger partial charge on any atom is 0.404 e. The molecular formula is C24H19F4N5O2S. The Balaban J connectivity index is 1.90. The lowest BCUT2D eigenvalue weighted by molar-refractivity contribution is -0.147. The van der Waals surface area contributed by atoms with Gasteiger partial charge in [-0.25, -0.2) is 17.8 Å². The van der Waals surface area contributed by atoms with E-state index in [1.165, 1.54) is 28.8 Å². The average Bonchev–Trinajstić information content (AvgIpc) is 3.16. The molecule has 1 N–H and O–H groups in total. The summed E-state index contributed by atoms with van der Waals surface area (Å²) in [5, 5.41) is 10.5. The Morgan fingerprint density at radius 1 is 1.14 bits per heavy atom. The maximum absolute atomic E-state index is 14.1. The van der Waals surface area contributed by atoms with Gasteiger partial charge in [0.25, 0.3) is 0 Å². The minimum atomic E-state index is -4.77. The molecule has 1 aromatic carbocycles. The summed E-state index contributed by atoms with van der Waals surface area (Å²) in [4.78, 5) is 8.13. The first-order valence-corrected chi connectivity index (χ1v) is 12.2. The first-order chi connectivity index (χ1) is 17.0. The van der Waals surface area contributed by atoms with E-state index in [-0.39, 0.29) is 17.0 Å². The monoisotopic (exact) mass is 517 g/mol. The largest absolute Gasteiger partial charge is 0.404 e. The highest BCUT2D eigenvalue weighted by Crippen LogP contribution is 2.35. The van der Waals surface area contributed by atoms with Crippen molar-refractivity contribution in [3.63, 3.8) is 0 Å². The van der Waals surface area contributed by atoms with Gasteiger partial charge in [-0.1, -0.05) is 13.0 Å². The lowest BCUT2D eigenvalue weighted by Gasteiger charge is -2.17. The Morgan fingerprint density at radius 2 is 1.89 bits per heavy atom. The van der Waals surface area contributed by atoms with Crippen molar-refractivity contribution >= 4 is 21.1 Å². The predicted octanol–water partition coefficient (Wildman–Crippen LogP) is 4.89.